The maximum atomic E-state index is 13.4. The topological polar surface area (TPSA) is 156 Å². The Labute approximate surface area is 314 Å². The number of aromatic nitrogens is 1. The molecule has 0 radical (unpaired) electrons. The first-order valence-electron chi connectivity index (χ1n) is 18.2. The van der Waals surface area contributed by atoms with Gasteiger partial charge in [0.05, 0.1) is 31.0 Å². The number of β-amino-alcohol motifs (C(OH)–C–C–N with tert-alkyl or cyclic N) is 1. The predicted octanol–water partition coefficient (Wildman–Crippen LogP) is 4.27. The maximum Gasteiger partial charge on any atom is 0.223 e. The number of piperazine rings is 1. The Morgan fingerprint density at radius 3 is 2.35 bits per heavy atom. The molecule has 3 fully saturated rings. The summed E-state index contributed by atoms with van der Waals surface area (Å²) in [7, 11) is 0. The number of halogens is 2. The van der Waals surface area contributed by atoms with Gasteiger partial charge in [0.25, 0.3) is 0 Å². The van der Waals surface area contributed by atoms with Gasteiger partial charge >= 0.3 is 0 Å². The molecule has 2 heterocycles. The number of para-hydroxylation sites is 1. The van der Waals surface area contributed by atoms with E-state index in [-0.39, 0.29) is 37.5 Å². The SMILES string of the molecule is CCC(CC(=O)N1CCN(C[C@H](O)[C@@H](O)[C@@H](O)[C@H](O)CO)CC1)c1cc(Cl)c(COC2(c3cnccc3-c3ccccc3OC3CC3)CC2)cc1Cl. The molecule has 1 aromatic heterocycles. The molecule has 1 amide bonds. The molecular weight excluding hydrogens is 709 g/mol. The molecule has 13 heteroatoms. The number of hydrogen-bond acceptors (Lipinski definition) is 10. The number of aliphatic hydroxyl groups is 5. The second-order valence-corrected chi connectivity index (χ2v) is 15.1. The fourth-order valence-corrected chi connectivity index (χ4v) is 7.49. The van der Waals surface area contributed by atoms with E-state index in [9.17, 15) is 25.2 Å². The third-order valence-electron chi connectivity index (χ3n) is 10.5. The van der Waals surface area contributed by atoms with Crippen LogP contribution in [-0.2, 0) is 21.7 Å². The number of aliphatic hydroxyl groups excluding tert-OH is 5. The molecule has 3 aliphatic rings. The van der Waals surface area contributed by atoms with Crippen molar-refractivity contribution in [2.75, 3.05) is 39.3 Å². The zero-order valence-corrected chi connectivity index (χ0v) is 30.9. The van der Waals surface area contributed by atoms with E-state index in [1.54, 1.807) is 11.1 Å². The summed E-state index contributed by atoms with van der Waals surface area (Å²) in [4.78, 5) is 21.5. The molecule has 282 valence electrons. The first-order chi connectivity index (χ1) is 25.0. The molecule has 0 spiro atoms. The van der Waals surface area contributed by atoms with E-state index in [1.165, 1.54) is 0 Å². The van der Waals surface area contributed by atoms with Gasteiger partial charge in [0.2, 0.25) is 5.91 Å². The molecule has 52 heavy (non-hydrogen) atoms. The van der Waals surface area contributed by atoms with Crippen LogP contribution in [0, 0.1) is 0 Å². The fraction of sp³-hybridized carbons (Fsp3) is 0.538. The van der Waals surface area contributed by atoms with E-state index in [0.717, 1.165) is 59.3 Å². The normalized spacial score (nSPS) is 20.2. The summed E-state index contributed by atoms with van der Waals surface area (Å²) in [5.41, 5.74) is 4.19. The smallest absolute Gasteiger partial charge is 0.223 e. The second kappa shape index (κ2) is 17.1. The van der Waals surface area contributed by atoms with E-state index in [4.69, 9.17) is 37.8 Å². The molecular formula is C39H49Cl2N3O8. The minimum Gasteiger partial charge on any atom is -0.490 e. The summed E-state index contributed by atoms with van der Waals surface area (Å²) in [5, 5.41) is 50.1. The average Bonchev–Trinajstić information content (AvgIpc) is 4.11. The Bertz CT molecular complexity index is 1680. The van der Waals surface area contributed by atoms with Crippen molar-refractivity contribution in [3.8, 4) is 16.9 Å². The standard InChI is InChI=1S/C39H49Cl2N3O8/c1-2-24(18-36(48)44-15-13-43(14-16-44)21-33(46)37(49)38(50)34(47)22-45)29-19-31(40)25(17-32(29)41)23-51-39(10-11-39)30-20-42-12-9-27(30)28-5-3-4-6-35(28)52-26-7-8-26/h3-6,9,12,17,19-20,24,26,33-34,37-38,45-47,49-50H,2,7-8,10-11,13-16,18,21-23H2,1H3/t24?,33-,34+,37+,38-/m0/s1. The van der Waals surface area contributed by atoms with Crippen molar-refractivity contribution in [2.45, 2.75) is 94.1 Å². The summed E-state index contributed by atoms with van der Waals surface area (Å²) in [6, 6.07) is 13.8. The van der Waals surface area contributed by atoms with Crippen LogP contribution in [-0.4, -0.2) is 116 Å². The summed E-state index contributed by atoms with van der Waals surface area (Å²) in [5.74, 6) is 0.711. The van der Waals surface area contributed by atoms with Gasteiger partial charge in [-0.2, -0.15) is 0 Å². The van der Waals surface area contributed by atoms with Crippen molar-refractivity contribution < 1.29 is 39.8 Å². The lowest BCUT2D eigenvalue weighted by Crippen LogP contribution is -2.54. The number of rotatable bonds is 17. The zero-order valence-electron chi connectivity index (χ0n) is 29.4. The molecule has 0 bridgehead atoms. The number of hydrogen-bond donors (Lipinski definition) is 5. The lowest BCUT2D eigenvalue weighted by atomic mass is 9.91. The van der Waals surface area contributed by atoms with E-state index in [1.807, 2.05) is 54.4 Å². The van der Waals surface area contributed by atoms with Crippen LogP contribution in [0.5, 0.6) is 5.75 Å². The third-order valence-corrected chi connectivity index (χ3v) is 11.2. The number of pyridine rings is 1. The van der Waals surface area contributed by atoms with E-state index < -0.39 is 36.6 Å². The molecule has 2 saturated carbocycles. The number of carbonyl (C=O) groups is 1. The number of amides is 1. The van der Waals surface area contributed by atoms with Crippen LogP contribution < -0.4 is 4.74 Å². The summed E-state index contributed by atoms with van der Waals surface area (Å²) in [6.45, 7) is 3.40. The highest BCUT2D eigenvalue weighted by Crippen LogP contribution is 2.53. The van der Waals surface area contributed by atoms with Gasteiger partial charge in [0, 0.05) is 72.7 Å². The van der Waals surface area contributed by atoms with Crippen molar-refractivity contribution in [1.29, 1.82) is 0 Å². The van der Waals surface area contributed by atoms with Crippen LogP contribution in [0.25, 0.3) is 11.1 Å². The maximum absolute atomic E-state index is 13.4. The van der Waals surface area contributed by atoms with Crippen molar-refractivity contribution in [2.24, 2.45) is 0 Å². The number of carbonyl (C=O) groups excluding carboxylic acids is 1. The molecule has 6 rings (SSSR count). The Balaban J connectivity index is 1.06. The van der Waals surface area contributed by atoms with Gasteiger partial charge in [-0.15, -0.1) is 0 Å². The van der Waals surface area contributed by atoms with Gasteiger partial charge in [-0.3, -0.25) is 14.7 Å². The van der Waals surface area contributed by atoms with E-state index in [2.05, 4.69) is 11.1 Å². The molecule has 1 saturated heterocycles. The predicted molar refractivity (Wildman–Crippen MR) is 197 cm³/mol. The van der Waals surface area contributed by atoms with Crippen LogP contribution in [0.15, 0.2) is 54.9 Å². The van der Waals surface area contributed by atoms with Crippen LogP contribution in [0.2, 0.25) is 10.0 Å². The van der Waals surface area contributed by atoms with E-state index in [0.29, 0.717) is 42.6 Å². The first kappa shape index (κ1) is 38.9. The summed E-state index contributed by atoms with van der Waals surface area (Å²) in [6.07, 6.45) is 2.60. The molecule has 2 aliphatic carbocycles. The monoisotopic (exact) mass is 757 g/mol. The minimum absolute atomic E-state index is 0.0137. The highest BCUT2D eigenvalue weighted by molar-refractivity contribution is 6.34. The highest BCUT2D eigenvalue weighted by atomic mass is 35.5. The lowest BCUT2D eigenvalue weighted by Gasteiger charge is -2.37. The van der Waals surface area contributed by atoms with Crippen molar-refractivity contribution >= 4 is 29.1 Å². The van der Waals surface area contributed by atoms with Gasteiger partial charge in [-0.05, 0) is 79.0 Å². The largest absolute Gasteiger partial charge is 0.490 e. The molecule has 5 atom stereocenters. The minimum atomic E-state index is -1.67. The Kier molecular flexibility index (Phi) is 12.8. The summed E-state index contributed by atoms with van der Waals surface area (Å²) >= 11 is 13.7. The van der Waals surface area contributed by atoms with Gasteiger partial charge < -0.3 is 39.9 Å². The lowest BCUT2D eigenvalue weighted by molar-refractivity contribution is -0.135. The zero-order chi connectivity index (χ0) is 37.0. The molecule has 5 N–H and O–H groups in total. The highest BCUT2D eigenvalue weighted by Gasteiger charge is 2.48. The van der Waals surface area contributed by atoms with Crippen LogP contribution in [0.4, 0.5) is 0 Å². The number of ether oxygens (including phenoxy) is 2. The van der Waals surface area contributed by atoms with Crippen molar-refractivity contribution in [3.63, 3.8) is 0 Å². The Hall–Kier alpha value is -2.84. The van der Waals surface area contributed by atoms with Crippen LogP contribution in [0.3, 0.4) is 0 Å². The second-order valence-electron chi connectivity index (χ2n) is 14.3. The van der Waals surface area contributed by atoms with Gasteiger partial charge in [-0.1, -0.05) is 48.3 Å². The molecule has 1 aliphatic heterocycles. The number of nitrogens with zero attached hydrogens (tertiary/aromatic N) is 3. The molecule has 11 nitrogen and oxygen atoms in total. The third kappa shape index (κ3) is 9.09. The van der Waals surface area contributed by atoms with Gasteiger partial charge in [0.1, 0.15) is 24.1 Å². The van der Waals surface area contributed by atoms with E-state index >= 15 is 0 Å². The Morgan fingerprint density at radius 1 is 0.962 bits per heavy atom. The Morgan fingerprint density at radius 2 is 1.67 bits per heavy atom. The van der Waals surface area contributed by atoms with Crippen molar-refractivity contribution in [1.82, 2.24) is 14.8 Å². The fourth-order valence-electron chi connectivity index (χ4n) is 6.93. The first-order valence-corrected chi connectivity index (χ1v) is 18.9. The van der Waals surface area contributed by atoms with Crippen LogP contribution in [0.1, 0.15) is 68.1 Å². The molecule has 3 aromatic rings. The van der Waals surface area contributed by atoms with Crippen LogP contribution >= 0.6 is 23.2 Å². The average molecular weight is 759 g/mol. The van der Waals surface area contributed by atoms with Gasteiger partial charge in [0.15, 0.2) is 0 Å². The molecule has 1 unspecified atom stereocenters. The van der Waals surface area contributed by atoms with Gasteiger partial charge in [-0.25, -0.2) is 0 Å². The molecule has 2 aromatic carbocycles. The van der Waals surface area contributed by atoms with Crippen molar-refractivity contribution in [3.05, 3.63) is 81.6 Å². The summed E-state index contributed by atoms with van der Waals surface area (Å²) < 4.78 is 12.9. The quantitative estimate of drug-likeness (QED) is 0.135. The number of benzene rings is 2.